The van der Waals surface area contributed by atoms with Crippen LogP contribution in [0, 0.1) is 0 Å². The molecule has 0 aromatic carbocycles. The Morgan fingerprint density at radius 1 is 1.12 bits per heavy atom. The Morgan fingerprint density at radius 3 is 2.65 bits per heavy atom. The third-order valence-electron chi connectivity index (χ3n) is 3.22. The summed E-state index contributed by atoms with van der Waals surface area (Å²) in [5.41, 5.74) is 1.16. The Morgan fingerprint density at radius 2 is 1.88 bits per heavy atom. The van der Waals surface area contributed by atoms with E-state index in [0.717, 1.165) is 18.7 Å². The smallest absolute Gasteiger partial charge is 0.115 e. The van der Waals surface area contributed by atoms with Gasteiger partial charge in [-0.15, -0.1) is 0 Å². The molecule has 0 spiro atoms. The van der Waals surface area contributed by atoms with Crippen LogP contribution in [-0.2, 0) is 6.54 Å². The van der Waals surface area contributed by atoms with Crippen molar-refractivity contribution in [3.05, 3.63) is 24.3 Å². The molecule has 0 atom stereocenters. The fraction of sp³-hybridized carbons (Fsp3) is 0.692. The van der Waals surface area contributed by atoms with Crippen molar-refractivity contribution in [1.29, 1.82) is 0 Å². The highest BCUT2D eigenvalue weighted by atomic mass is 15.1. The van der Waals surface area contributed by atoms with E-state index < -0.39 is 0 Å². The molecule has 0 unspecified atom stereocenters. The minimum Gasteiger partial charge on any atom is -0.313 e. The largest absolute Gasteiger partial charge is 0.313 e. The molecule has 1 N–H and O–H groups in total. The molecule has 94 valence electrons. The molecule has 2 rings (SSSR count). The van der Waals surface area contributed by atoms with Crippen LogP contribution < -0.4 is 5.32 Å². The van der Waals surface area contributed by atoms with Gasteiger partial charge in [0.1, 0.15) is 6.33 Å². The van der Waals surface area contributed by atoms with Crippen LogP contribution in [0.1, 0.15) is 31.2 Å². The number of nitrogens with zero attached hydrogens (tertiary/aromatic N) is 3. The average molecular weight is 234 g/mol. The van der Waals surface area contributed by atoms with Gasteiger partial charge in [-0.2, -0.15) is 0 Å². The number of aromatic nitrogens is 2. The highest BCUT2D eigenvalue weighted by Gasteiger charge is 2.08. The van der Waals surface area contributed by atoms with Gasteiger partial charge in [0.05, 0.1) is 0 Å². The highest BCUT2D eigenvalue weighted by Crippen LogP contribution is 2.08. The second kappa shape index (κ2) is 7.35. The van der Waals surface area contributed by atoms with Crippen molar-refractivity contribution in [2.45, 2.75) is 32.2 Å². The second-order valence-electron chi connectivity index (χ2n) is 4.68. The van der Waals surface area contributed by atoms with E-state index in [9.17, 15) is 0 Å². The SMILES string of the molecule is c1ncc(CNCCCN2CCCCC2)cn1. The van der Waals surface area contributed by atoms with E-state index in [1.54, 1.807) is 6.33 Å². The molecule has 0 bridgehead atoms. The van der Waals surface area contributed by atoms with E-state index >= 15 is 0 Å². The summed E-state index contributed by atoms with van der Waals surface area (Å²) in [6, 6.07) is 0. The average Bonchev–Trinajstić information content (AvgIpc) is 2.41. The molecule has 1 aromatic heterocycles. The van der Waals surface area contributed by atoms with Gasteiger partial charge in [-0.3, -0.25) is 0 Å². The zero-order valence-electron chi connectivity index (χ0n) is 10.4. The van der Waals surface area contributed by atoms with E-state index in [1.807, 2.05) is 12.4 Å². The maximum absolute atomic E-state index is 4.00. The van der Waals surface area contributed by atoms with Crippen LogP contribution in [0.15, 0.2) is 18.7 Å². The summed E-state index contributed by atoms with van der Waals surface area (Å²) in [5.74, 6) is 0. The summed E-state index contributed by atoms with van der Waals surface area (Å²) in [6.07, 6.45) is 10.7. The first kappa shape index (κ1) is 12.5. The summed E-state index contributed by atoms with van der Waals surface area (Å²) in [4.78, 5) is 10.6. The number of piperidine rings is 1. The molecule has 4 heteroatoms. The molecular formula is C13H22N4. The Balaban J connectivity index is 1.51. The van der Waals surface area contributed by atoms with Crippen molar-refractivity contribution in [2.75, 3.05) is 26.2 Å². The first-order valence-corrected chi connectivity index (χ1v) is 6.62. The van der Waals surface area contributed by atoms with Crippen LogP contribution in [0.5, 0.6) is 0 Å². The Hall–Kier alpha value is -1.00. The van der Waals surface area contributed by atoms with E-state index in [1.165, 1.54) is 45.3 Å². The van der Waals surface area contributed by atoms with Crippen LogP contribution in [0.4, 0.5) is 0 Å². The third kappa shape index (κ3) is 4.79. The topological polar surface area (TPSA) is 41.1 Å². The second-order valence-corrected chi connectivity index (χ2v) is 4.68. The molecule has 17 heavy (non-hydrogen) atoms. The summed E-state index contributed by atoms with van der Waals surface area (Å²) >= 11 is 0. The lowest BCUT2D eigenvalue weighted by atomic mass is 10.1. The number of rotatable bonds is 6. The highest BCUT2D eigenvalue weighted by molar-refractivity contribution is 5.01. The molecular weight excluding hydrogens is 212 g/mol. The Labute approximate surface area is 103 Å². The van der Waals surface area contributed by atoms with Gasteiger partial charge in [0.15, 0.2) is 0 Å². The molecule has 1 aromatic rings. The van der Waals surface area contributed by atoms with Crippen LogP contribution in [0.25, 0.3) is 0 Å². The van der Waals surface area contributed by atoms with Gasteiger partial charge < -0.3 is 10.2 Å². The van der Waals surface area contributed by atoms with Crippen LogP contribution in [0.2, 0.25) is 0 Å². The van der Waals surface area contributed by atoms with Crippen molar-refractivity contribution in [3.63, 3.8) is 0 Å². The molecule has 1 fully saturated rings. The molecule has 2 heterocycles. The van der Waals surface area contributed by atoms with Gasteiger partial charge in [0, 0.05) is 24.5 Å². The van der Waals surface area contributed by atoms with Crippen molar-refractivity contribution in [1.82, 2.24) is 20.2 Å². The molecule has 0 radical (unpaired) electrons. The fourth-order valence-electron chi connectivity index (χ4n) is 2.26. The van der Waals surface area contributed by atoms with Crippen molar-refractivity contribution in [2.24, 2.45) is 0 Å². The predicted octanol–water partition coefficient (Wildman–Crippen LogP) is 1.44. The molecule has 1 aliphatic heterocycles. The lowest BCUT2D eigenvalue weighted by molar-refractivity contribution is 0.225. The molecule has 1 saturated heterocycles. The first-order valence-electron chi connectivity index (χ1n) is 6.62. The first-order chi connectivity index (χ1) is 8.45. The molecule has 0 saturated carbocycles. The van der Waals surface area contributed by atoms with E-state index in [0.29, 0.717) is 0 Å². The minimum absolute atomic E-state index is 0.876. The fourth-order valence-corrected chi connectivity index (χ4v) is 2.26. The quantitative estimate of drug-likeness (QED) is 0.756. The van der Waals surface area contributed by atoms with Gasteiger partial charge >= 0.3 is 0 Å². The summed E-state index contributed by atoms with van der Waals surface area (Å²) in [7, 11) is 0. The number of likely N-dealkylation sites (tertiary alicyclic amines) is 1. The van der Waals surface area contributed by atoms with Crippen molar-refractivity contribution >= 4 is 0 Å². The predicted molar refractivity (Wildman–Crippen MR) is 68.6 cm³/mol. The van der Waals surface area contributed by atoms with Crippen molar-refractivity contribution < 1.29 is 0 Å². The maximum Gasteiger partial charge on any atom is 0.115 e. The van der Waals surface area contributed by atoms with Crippen LogP contribution in [-0.4, -0.2) is 41.0 Å². The third-order valence-corrected chi connectivity index (χ3v) is 3.22. The number of hydrogen-bond acceptors (Lipinski definition) is 4. The minimum atomic E-state index is 0.876. The van der Waals surface area contributed by atoms with E-state index in [2.05, 4.69) is 20.2 Å². The molecule has 0 aliphatic carbocycles. The maximum atomic E-state index is 4.00. The Kier molecular flexibility index (Phi) is 5.39. The zero-order chi connectivity index (χ0) is 11.8. The van der Waals surface area contributed by atoms with Crippen molar-refractivity contribution in [3.8, 4) is 0 Å². The standard InChI is InChI=1S/C13H22N4/c1-2-6-17(7-3-1)8-4-5-14-9-13-10-15-12-16-11-13/h10-12,14H,1-9H2. The summed E-state index contributed by atoms with van der Waals surface area (Å²) in [5, 5.41) is 3.43. The van der Waals surface area contributed by atoms with Gasteiger partial charge in [0.25, 0.3) is 0 Å². The van der Waals surface area contributed by atoms with E-state index in [4.69, 9.17) is 0 Å². The number of hydrogen-bond donors (Lipinski definition) is 1. The monoisotopic (exact) mass is 234 g/mol. The molecule has 1 aliphatic rings. The lowest BCUT2D eigenvalue weighted by Gasteiger charge is -2.26. The van der Waals surface area contributed by atoms with Crippen LogP contribution >= 0.6 is 0 Å². The molecule has 0 amide bonds. The lowest BCUT2D eigenvalue weighted by Crippen LogP contribution is -2.32. The Bertz CT molecular complexity index is 296. The van der Waals surface area contributed by atoms with Gasteiger partial charge in [0.2, 0.25) is 0 Å². The molecule has 4 nitrogen and oxygen atoms in total. The van der Waals surface area contributed by atoms with E-state index in [-0.39, 0.29) is 0 Å². The van der Waals surface area contributed by atoms with Gasteiger partial charge in [-0.1, -0.05) is 6.42 Å². The van der Waals surface area contributed by atoms with Crippen LogP contribution in [0.3, 0.4) is 0 Å². The summed E-state index contributed by atoms with van der Waals surface area (Å²) < 4.78 is 0. The zero-order valence-corrected chi connectivity index (χ0v) is 10.4. The number of nitrogens with one attached hydrogen (secondary N) is 1. The normalized spacial score (nSPS) is 17.2. The van der Waals surface area contributed by atoms with Gasteiger partial charge in [-0.05, 0) is 45.4 Å². The van der Waals surface area contributed by atoms with Gasteiger partial charge in [-0.25, -0.2) is 9.97 Å². The summed E-state index contributed by atoms with van der Waals surface area (Å²) in [6.45, 7) is 5.78.